The number of nitrogens with zero attached hydrogens (tertiary/aromatic N) is 4. The molecule has 4 aromatic rings. The molecule has 0 atom stereocenters. The molecule has 0 saturated heterocycles. The van der Waals surface area contributed by atoms with Crippen LogP contribution >= 0.6 is 11.3 Å². The largest absolute Gasteiger partial charge is 0.304 e. The lowest BCUT2D eigenvalue weighted by atomic mass is 10.1. The molecule has 1 aromatic carbocycles. The van der Waals surface area contributed by atoms with Crippen LogP contribution in [0.4, 0.5) is 0 Å². The van der Waals surface area contributed by atoms with Gasteiger partial charge in [-0.05, 0) is 35.6 Å². The monoisotopic (exact) mass is 346 g/mol. The van der Waals surface area contributed by atoms with Crippen LogP contribution in [-0.2, 0) is 19.4 Å². The topological polar surface area (TPSA) is 43.6 Å². The fraction of sp³-hybridized carbons (Fsp3) is 0.150. The summed E-state index contributed by atoms with van der Waals surface area (Å²) in [6.45, 7) is 0.778. The van der Waals surface area contributed by atoms with Gasteiger partial charge < -0.3 is 4.57 Å². The van der Waals surface area contributed by atoms with Crippen LogP contribution in [0, 0.1) is 0 Å². The van der Waals surface area contributed by atoms with Gasteiger partial charge in [-0.25, -0.2) is 0 Å². The van der Waals surface area contributed by atoms with E-state index < -0.39 is 0 Å². The van der Waals surface area contributed by atoms with Gasteiger partial charge in [0.05, 0.1) is 6.54 Å². The van der Waals surface area contributed by atoms with Crippen LogP contribution in [0.2, 0.25) is 0 Å². The molecule has 0 aliphatic heterocycles. The molecule has 3 aromatic heterocycles. The molecule has 3 heterocycles. The van der Waals surface area contributed by atoms with Crippen LogP contribution < -0.4 is 0 Å². The minimum atomic E-state index is 0.778. The number of hydrogen-bond acceptors (Lipinski definition) is 4. The standard InChI is InChI=1S/C20H18N4S/c1-2-7-16(8-3-1)11-12-19-22-23-20(18-10-4-5-13-21-18)24(19)15-17-9-6-14-25-17/h1-10,13-14H,11-12,15H2. The van der Waals surface area contributed by atoms with E-state index in [1.54, 1.807) is 17.5 Å². The number of pyridine rings is 1. The van der Waals surface area contributed by atoms with Crippen molar-refractivity contribution in [2.45, 2.75) is 19.4 Å². The fourth-order valence-electron chi connectivity index (χ4n) is 2.83. The van der Waals surface area contributed by atoms with Crippen LogP contribution in [-0.4, -0.2) is 19.7 Å². The van der Waals surface area contributed by atoms with E-state index in [0.717, 1.165) is 36.7 Å². The highest BCUT2D eigenvalue weighted by Gasteiger charge is 2.15. The molecule has 0 unspecified atom stereocenters. The molecule has 0 amide bonds. The average Bonchev–Trinajstić information content (AvgIpc) is 3.32. The molecule has 0 N–H and O–H groups in total. The SMILES string of the molecule is c1ccc(CCc2nnc(-c3ccccn3)n2Cc2cccs2)cc1. The third-order valence-electron chi connectivity index (χ3n) is 4.10. The number of benzene rings is 1. The quantitative estimate of drug-likeness (QED) is 0.525. The van der Waals surface area contributed by atoms with Gasteiger partial charge in [-0.2, -0.15) is 0 Å². The molecule has 0 radical (unpaired) electrons. The molecule has 124 valence electrons. The minimum absolute atomic E-state index is 0.778. The summed E-state index contributed by atoms with van der Waals surface area (Å²) in [7, 11) is 0. The number of rotatable bonds is 6. The van der Waals surface area contributed by atoms with Crippen molar-refractivity contribution in [3.8, 4) is 11.5 Å². The second-order valence-corrected chi connectivity index (χ2v) is 6.84. The molecule has 0 bridgehead atoms. The van der Waals surface area contributed by atoms with Gasteiger partial charge in [0.2, 0.25) is 0 Å². The molecule has 0 spiro atoms. The third kappa shape index (κ3) is 3.67. The summed E-state index contributed by atoms with van der Waals surface area (Å²) in [5, 5.41) is 11.0. The Kier molecular flexibility index (Phi) is 4.65. The average molecular weight is 346 g/mol. The highest BCUT2D eigenvalue weighted by atomic mass is 32.1. The van der Waals surface area contributed by atoms with E-state index in [2.05, 4.69) is 61.5 Å². The first-order chi connectivity index (χ1) is 12.4. The van der Waals surface area contributed by atoms with E-state index in [0.29, 0.717) is 0 Å². The summed E-state index contributed by atoms with van der Waals surface area (Å²) in [6.07, 6.45) is 3.60. The van der Waals surface area contributed by atoms with Crippen LogP contribution in [0.15, 0.2) is 72.2 Å². The van der Waals surface area contributed by atoms with Gasteiger partial charge in [-0.3, -0.25) is 4.98 Å². The van der Waals surface area contributed by atoms with Crippen LogP contribution in [0.25, 0.3) is 11.5 Å². The van der Waals surface area contributed by atoms with Gasteiger partial charge in [0, 0.05) is 17.5 Å². The van der Waals surface area contributed by atoms with E-state index in [9.17, 15) is 0 Å². The molecule has 0 aliphatic carbocycles. The van der Waals surface area contributed by atoms with Gasteiger partial charge in [-0.1, -0.05) is 42.5 Å². The summed E-state index contributed by atoms with van der Waals surface area (Å²) in [6, 6.07) is 20.6. The molecule has 4 rings (SSSR count). The number of aryl methyl sites for hydroxylation is 2. The van der Waals surface area contributed by atoms with Crippen LogP contribution in [0.3, 0.4) is 0 Å². The Morgan fingerprint density at radius 3 is 2.48 bits per heavy atom. The molecule has 0 saturated carbocycles. The Morgan fingerprint density at radius 2 is 1.72 bits per heavy atom. The third-order valence-corrected chi connectivity index (χ3v) is 4.96. The van der Waals surface area contributed by atoms with Gasteiger partial charge >= 0.3 is 0 Å². The zero-order chi connectivity index (χ0) is 16.9. The Balaban J connectivity index is 1.65. The van der Waals surface area contributed by atoms with Gasteiger partial charge in [0.15, 0.2) is 5.82 Å². The summed E-state index contributed by atoms with van der Waals surface area (Å²) >= 11 is 1.75. The summed E-state index contributed by atoms with van der Waals surface area (Å²) in [5.74, 6) is 1.83. The summed E-state index contributed by atoms with van der Waals surface area (Å²) in [5.41, 5.74) is 2.17. The predicted octanol–water partition coefficient (Wildman–Crippen LogP) is 4.24. The van der Waals surface area contributed by atoms with Crippen LogP contribution in [0.1, 0.15) is 16.3 Å². The molecule has 4 nitrogen and oxygen atoms in total. The Labute approximate surface area is 150 Å². The lowest BCUT2D eigenvalue weighted by Gasteiger charge is -2.09. The van der Waals surface area contributed by atoms with E-state index in [-0.39, 0.29) is 0 Å². The first kappa shape index (κ1) is 15.7. The molecule has 5 heteroatoms. The number of thiophene rings is 1. The Bertz CT molecular complexity index is 915. The van der Waals surface area contributed by atoms with Gasteiger partial charge in [0.25, 0.3) is 0 Å². The van der Waals surface area contributed by atoms with Crippen molar-refractivity contribution < 1.29 is 0 Å². The first-order valence-electron chi connectivity index (χ1n) is 8.30. The van der Waals surface area contributed by atoms with Crippen molar-refractivity contribution in [3.05, 3.63) is 88.5 Å². The molecular formula is C20H18N4S. The van der Waals surface area contributed by atoms with Gasteiger partial charge in [-0.15, -0.1) is 21.5 Å². The first-order valence-corrected chi connectivity index (χ1v) is 9.18. The van der Waals surface area contributed by atoms with E-state index >= 15 is 0 Å². The zero-order valence-corrected chi connectivity index (χ0v) is 14.6. The predicted molar refractivity (Wildman–Crippen MR) is 101 cm³/mol. The zero-order valence-electron chi connectivity index (χ0n) is 13.7. The normalized spacial score (nSPS) is 10.9. The van der Waals surface area contributed by atoms with E-state index in [1.165, 1.54) is 10.4 Å². The minimum Gasteiger partial charge on any atom is -0.304 e. The maximum Gasteiger partial charge on any atom is 0.182 e. The molecule has 25 heavy (non-hydrogen) atoms. The fourth-order valence-corrected chi connectivity index (χ4v) is 3.52. The second-order valence-electron chi connectivity index (χ2n) is 5.81. The van der Waals surface area contributed by atoms with Crippen LogP contribution in [0.5, 0.6) is 0 Å². The van der Waals surface area contributed by atoms with Crippen molar-refractivity contribution in [1.29, 1.82) is 0 Å². The Morgan fingerprint density at radius 1 is 0.840 bits per heavy atom. The maximum atomic E-state index is 4.47. The van der Waals surface area contributed by atoms with Crippen molar-refractivity contribution >= 4 is 11.3 Å². The van der Waals surface area contributed by atoms with Crippen molar-refractivity contribution in [1.82, 2.24) is 19.7 Å². The second kappa shape index (κ2) is 7.40. The highest BCUT2D eigenvalue weighted by molar-refractivity contribution is 7.09. The lowest BCUT2D eigenvalue weighted by molar-refractivity contribution is 0.722. The van der Waals surface area contributed by atoms with Crippen molar-refractivity contribution in [2.75, 3.05) is 0 Å². The van der Waals surface area contributed by atoms with Gasteiger partial charge in [0.1, 0.15) is 11.5 Å². The Hall–Kier alpha value is -2.79. The van der Waals surface area contributed by atoms with E-state index in [4.69, 9.17) is 0 Å². The highest BCUT2D eigenvalue weighted by Crippen LogP contribution is 2.20. The van der Waals surface area contributed by atoms with E-state index in [1.807, 2.05) is 24.3 Å². The summed E-state index contributed by atoms with van der Waals surface area (Å²) < 4.78 is 2.19. The smallest absolute Gasteiger partial charge is 0.182 e. The number of hydrogen-bond donors (Lipinski definition) is 0. The molecular weight excluding hydrogens is 328 g/mol. The van der Waals surface area contributed by atoms with Crippen molar-refractivity contribution in [2.24, 2.45) is 0 Å². The summed E-state index contributed by atoms with van der Waals surface area (Å²) in [4.78, 5) is 5.74. The molecule has 0 fully saturated rings. The maximum absolute atomic E-state index is 4.47. The molecule has 0 aliphatic rings. The lowest BCUT2D eigenvalue weighted by Crippen LogP contribution is -2.08. The number of aromatic nitrogens is 4. The van der Waals surface area contributed by atoms with Crippen molar-refractivity contribution in [3.63, 3.8) is 0 Å².